The molecule has 1 N–H and O–H groups in total. The Morgan fingerprint density at radius 2 is 2.06 bits per heavy atom. The van der Waals surface area contributed by atoms with Gasteiger partial charge in [0.25, 0.3) is 0 Å². The number of hydrogen-bond acceptors (Lipinski definition) is 1. The third kappa shape index (κ3) is 3.54. The molecule has 5 heteroatoms. The zero-order chi connectivity index (χ0) is 12.2. The SMILES string of the molecule is CNCC#Cc1ccc(Br)cc1C(F)(F)F. The van der Waals surface area contributed by atoms with Crippen LogP contribution in [-0.2, 0) is 6.18 Å². The summed E-state index contributed by atoms with van der Waals surface area (Å²) >= 11 is 3.01. The molecule has 1 aromatic carbocycles. The molecule has 0 spiro atoms. The van der Waals surface area contributed by atoms with E-state index in [1.165, 1.54) is 6.07 Å². The maximum Gasteiger partial charge on any atom is 0.417 e. The van der Waals surface area contributed by atoms with Gasteiger partial charge in [-0.2, -0.15) is 13.2 Å². The second-order valence-electron chi connectivity index (χ2n) is 3.02. The third-order valence-corrected chi connectivity index (χ3v) is 2.27. The normalized spacial score (nSPS) is 10.8. The molecular formula is C11H9BrF3N. The van der Waals surface area contributed by atoms with Crippen LogP contribution in [0.5, 0.6) is 0 Å². The van der Waals surface area contributed by atoms with Crippen molar-refractivity contribution in [2.24, 2.45) is 0 Å². The summed E-state index contributed by atoms with van der Waals surface area (Å²) < 4.78 is 38.3. The van der Waals surface area contributed by atoms with Gasteiger partial charge in [-0.25, -0.2) is 0 Å². The van der Waals surface area contributed by atoms with Crippen LogP contribution in [0.3, 0.4) is 0 Å². The first-order valence-electron chi connectivity index (χ1n) is 4.45. The Labute approximate surface area is 100 Å². The summed E-state index contributed by atoms with van der Waals surface area (Å²) in [6.07, 6.45) is -4.38. The average molecular weight is 292 g/mol. The van der Waals surface area contributed by atoms with Crippen LogP contribution >= 0.6 is 15.9 Å². The molecule has 0 heterocycles. The van der Waals surface area contributed by atoms with E-state index in [1.54, 1.807) is 13.1 Å². The molecule has 0 atom stereocenters. The van der Waals surface area contributed by atoms with E-state index in [0.717, 1.165) is 6.07 Å². The van der Waals surface area contributed by atoms with Gasteiger partial charge in [0.05, 0.1) is 12.1 Å². The lowest BCUT2D eigenvalue weighted by atomic mass is 10.1. The Balaban J connectivity index is 3.15. The molecule has 0 saturated heterocycles. The van der Waals surface area contributed by atoms with Crippen LogP contribution < -0.4 is 5.32 Å². The minimum Gasteiger partial charge on any atom is -0.309 e. The lowest BCUT2D eigenvalue weighted by Crippen LogP contribution is -2.08. The Hall–Kier alpha value is -0.990. The number of benzene rings is 1. The highest BCUT2D eigenvalue weighted by Crippen LogP contribution is 2.33. The van der Waals surface area contributed by atoms with Crippen LogP contribution in [-0.4, -0.2) is 13.6 Å². The molecular weight excluding hydrogens is 283 g/mol. The highest BCUT2D eigenvalue weighted by atomic mass is 79.9. The summed E-state index contributed by atoms with van der Waals surface area (Å²) in [6.45, 7) is 0.355. The van der Waals surface area contributed by atoms with E-state index >= 15 is 0 Å². The van der Waals surface area contributed by atoms with Gasteiger partial charge >= 0.3 is 6.18 Å². The second kappa shape index (κ2) is 5.37. The van der Waals surface area contributed by atoms with Gasteiger partial charge in [0.15, 0.2) is 0 Å². The summed E-state index contributed by atoms with van der Waals surface area (Å²) in [5.74, 6) is 5.10. The van der Waals surface area contributed by atoms with Crippen LogP contribution in [0, 0.1) is 11.8 Å². The van der Waals surface area contributed by atoms with E-state index < -0.39 is 11.7 Å². The molecule has 16 heavy (non-hydrogen) atoms. The van der Waals surface area contributed by atoms with Crippen LogP contribution in [0.2, 0.25) is 0 Å². The van der Waals surface area contributed by atoms with Crippen molar-refractivity contribution in [2.75, 3.05) is 13.6 Å². The predicted molar refractivity (Wildman–Crippen MR) is 59.9 cm³/mol. The van der Waals surface area contributed by atoms with E-state index in [9.17, 15) is 13.2 Å². The zero-order valence-electron chi connectivity index (χ0n) is 8.45. The molecule has 0 fully saturated rings. The average Bonchev–Trinajstić information content (AvgIpc) is 2.19. The van der Waals surface area contributed by atoms with Gasteiger partial charge in [-0.3, -0.25) is 0 Å². The van der Waals surface area contributed by atoms with Crippen LogP contribution in [0.4, 0.5) is 13.2 Å². The fraction of sp³-hybridized carbons (Fsp3) is 0.273. The molecule has 0 aromatic heterocycles. The highest BCUT2D eigenvalue weighted by molar-refractivity contribution is 9.10. The van der Waals surface area contributed by atoms with Crippen LogP contribution in [0.25, 0.3) is 0 Å². The summed E-state index contributed by atoms with van der Waals surface area (Å²) in [5.41, 5.74) is -0.726. The van der Waals surface area contributed by atoms with Crippen molar-refractivity contribution >= 4 is 15.9 Å². The number of halogens is 4. The van der Waals surface area contributed by atoms with E-state index in [2.05, 4.69) is 33.1 Å². The van der Waals surface area contributed by atoms with E-state index in [0.29, 0.717) is 11.0 Å². The molecule has 0 aliphatic carbocycles. The maximum absolute atomic E-state index is 12.6. The maximum atomic E-state index is 12.6. The lowest BCUT2D eigenvalue weighted by molar-refractivity contribution is -0.137. The Kier molecular flexibility index (Phi) is 4.39. The first-order chi connectivity index (χ1) is 7.45. The van der Waals surface area contributed by atoms with Crippen molar-refractivity contribution in [3.63, 3.8) is 0 Å². The molecule has 0 aliphatic rings. The van der Waals surface area contributed by atoms with Gasteiger partial charge < -0.3 is 5.32 Å². The van der Waals surface area contributed by atoms with Crippen molar-refractivity contribution in [1.29, 1.82) is 0 Å². The zero-order valence-corrected chi connectivity index (χ0v) is 10.0. The van der Waals surface area contributed by atoms with Crippen molar-refractivity contribution in [1.82, 2.24) is 5.32 Å². The van der Waals surface area contributed by atoms with Gasteiger partial charge in [-0.1, -0.05) is 27.8 Å². The quantitative estimate of drug-likeness (QED) is 0.785. The van der Waals surface area contributed by atoms with E-state index in [4.69, 9.17) is 0 Å². The van der Waals surface area contributed by atoms with Gasteiger partial charge in [0.2, 0.25) is 0 Å². The summed E-state index contributed by atoms with van der Waals surface area (Å²) in [4.78, 5) is 0. The van der Waals surface area contributed by atoms with Crippen molar-refractivity contribution in [3.8, 4) is 11.8 Å². The van der Waals surface area contributed by atoms with Crippen LogP contribution in [0.1, 0.15) is 11.1 Å². The molecule has 0 bridgehead atoms. The topological polar surface area (TPSA) is 12.0 Å². The predicted octanol–water partition coefficient (Wildman–Crippen LogP) is 3.04. The molecule has 0 aliphatic heterocycles. The lowest BCUT2D eigenvalue weighted by Gasteiger charge is -2.09. The largest absolute Gasteiger partial charge is 0.417 e. The van der Waals surface area contributed by atoms with Gasteiger partial charge in [-0.15, -0.1) is 0 Å². The van der Waals surface area contributed by atoms with Crippen molar-refractivity contribution < 1.29 is 13.2 Å². The summed E-state index contributed by atoms with van der Waals surface area (Å²) in [6, 6.07) is 3.93. The van der Waals surface area contributed by atoms with E-state index in [1.807, 2.05) is 0 Å². The number of alkyl halides is 3. The monoisotopic (exact) mass is 291 g/mol. The second-order valence-corrected chi connectivity index (χ2v) is 3.94. The van der Waals surface area contributed by atoms with Crippen molar-refractivity contribution in [3.05, 3.63) is 33.8 Å². The molecule has 0 unspecified atom stereocenters. The first-order valence-corrected chi connectivity index (χ1v) is 5.24. The number of hydrogen-bond donors (Lipinski definition) is 1. The molecule has 1 nitrogen and oxygen atoms in total. The molecule has 0 radical (unpaired) electrons. The third-order valence-electron chi connectivity index (χ3n) is 1.78. The van der Waals surface area contributed by atoms with Gasteiger partial charge in [-0.05, 0) is 25.2 Å². The number of rotatable bonds is 1. The minimum atomic E-state index is -4.38. The van der Waals surface area contributed by atoms with Gasteiger partial charge in [0.1, 0.15) is 0 Å². The molecule has 86 valence electrons. The molecule has 0 saturated carbocycles. The van der Waals surface area contributed by atoms with Crippen molar-refractivity contribution in [2.45, 2.75) is 6.18 Å². The molecule has 1 rings (SSSR count). The Morgan fingerprint density at radius 1 is 1.38 bits per heavy atom. The first kappa shape index (κ1) is 13.1. The van der Waals surface area contributed by atoms with Crippen LogP contribution in [0.15, 0.2) is 22.7 Å². The Bertz CT molecular complexity index is 429. The number of nitrogens with one attached hydrogen (secondary N) is 1. The highest BCUT2D eigenvalue weighted by Gasteiger charge is 2.33. The standard InChI is InChI=1S/C11H9BrF3N/c1-16-6-2-3-8-4-5-9(12)7-10(8)11(13,14)15/h4-5,7,16H,6H2,1H3. The fourth-order valence-electron chi connectivity index (χ4n) is 1.09. The van der Waals surface area contributed by atoms with Gasteiger partial charge in [0, 0.05) is 10.0 Å². The van der Waals surface area contributed by atoms with E-state index in [-0.39, 0.29) is 5.56 Å². The smallest absolute Gasteiger partial charge is 0.309 e. The summed E-state index contributed by atoms with van der Waals surface area (Å²) in [7, 11) is 1.68. The molecule has 0 amide bonds. The molecule has 1 aromatic rings. The Morgan fingerprint density at radius 3 is 2.62 bits per heavy atom. The fourth-order valence-corrected chi connectivity index (χ4v) is 1.45. The summed E-state index contributed by atoms with van der Waals surface area (Å²) in [5, 5.41) is 2.74. The minimum absolute atomic E-state index is 0.00838.